The van der Waals surface area contributed by atoms with Crippen molar-refractivity contribution in [3.8, 4) is 0 Å². The number of carboxylic acids is 1. The number of hydrogen-bond acceptors (Lipinski definition) is 4. The second-order valence-corrected chi connectivity index (χ2v) is 2.38. The van der Waals surface area contributed by atoms with E-state index < -0.39 is 5.97 Å². The Morgan fingerprint density at radius 3 is 3.22 bits per heavy atom. The number of carboxylic acid groups (broad SMARTS) is 1. The smallest absolute Gasteiger partial charge is 0.324 e. The van der Waals surface area contributed by atoms with E-state index in [2.05, 4.69) is 5.10 Å². The SMILES string of the molecule is O=C(O)CN1CSC=N1. The number of nitrogens with zero attached hydrogens (tertiary/aromatic N) is 2. The lowest BCUT2D eigenvalue weighted by molar-refractivity contribution is -0.138. The van der Waals surface area contributed by atoms with Gasteiger partial charge in [0.05, 0.1) is 11.4 Å². The van der Waals surface area contributed by atoms with Gasteiger partial charge in [-0.05, 0) is 0 Å². The van der Waals surface area contributed by atoms with Gasteiger partial charge in [0.2, 0.25) is 0 Å². The van der Waals surface area contributed by atoms with Crippen LogP contribution in [0.1, 0.15) is 0 Å². The summed E-state index contributed by atoms with van der Waals surface area (Å²) in [6.07, 6.45) is 0. The molecule has 0 aromatic rings. The highest BCUT2D eigenvalue weighted by Crippen LogP contribution is 2.08. The van der Waals surface area contributed by atoms with Crippen LogP contribution in [-0.4, -0.2) is 34.1 Å². The van der Waals surface area contributed by atoms with Gasteiger partial charge in [-0.1, -0.05) is 11.8 Å². The second-order valence-electron chi connectivity index (χ2n) is 1.57. The van der Waals surface area contributed by atoms with Gasteiger partial charge in [0.1, 0.15) is 6.54 Å². The quantitative estimate of drug-likeness (QED) is 0.596. The van der Waals surface area contributed by atoms with Crippen molar-refractivity contribution in [2.75, 3.05) is 12.4 Å². The minimum atomic E-state index is -0.838. The van der Waals surface area contributed by atoms with E-state index in [0.717, 1.165) is 0 Å². The molecular formula is C4H6N2O2S. The zero-order valence-corrected chi connectivity index (χ0v) is 5.47. The van der Waals surface area contributed by atoms with Crippen molar-refractivity contribution >= 4 is 23.3 Å². The Hall–Kier alpha value is -0.710. The van der Waals surface area contributed by atoms with Gasteiger partial charge in [0.25, 0.3) is 0 Å². The molecule has 0 fully saturated rings. The van der Waals surface area contributed by atoms with E-state index in [-0.39, 0.29) is 6.54 Å². The summed E-state index contributed by atoms with van der Waals surface area (Å²) in [5.41, 5.74) is 1.64. The van der Waals surface area contributed by atoms with Crippen molar-refractivity contribution in [3.05, 3.63) is 0 Å². The molecule has 0 spiro atoms. The molecule has 0 aliphatic carbocycles. The van der Waals surface area contributed by atoms with Gasteiger partial charge >= 0.3 is 5.97 Å². The van der Waals surface area contributed by atoms with Gasteiger partial charge < -0.3 is 5.11 Å². The summed E-state index contributed by atoms with van der Waals surface area (Å²) in [5, 5.41) is 13.5. The molecule has 0 atom stereocenters. The number of aliphatic carboxylic acids is 1. The van der Waals surface area contributed by atoms with Gasteiger partial charge in [-0.3, -0.25) is 9.80 Å². The summed E-state index contributed by atoms with van der Waals surface area (Å²) in [5.74, 6) is -0.179. The maximum Gasteiger partial charge on any atom is 0.324 e. The van der Waals surface area contributed by atoms with Crippen LogP contribution in [0.4, 0.5) is 0 Å². The van der Waals surface area contributed by atoms with Crippen LogP contribution >= 0.6 is 11.8 Å². The molecule has 1 aliphatic rings. The predicted molar refractivity (Wildman–Crippen MR) is 35.3 cm³/mol. The Morgan fingerprint density at radius 1 is 2.00 bits per heavy atom. The Morgan fingerprint density at radius 2 is 2.78 bits per heavy atom. The molecule has 0 aromatic carbocycles. The molecule has 50 valence electrons. The molecule has 0 unspecified atom stereocenters. The Labute approximate surface area is 56.5 Å². The Balaban J connectivity index is 2.28. The summed E-state index contributed by atoms with van der Waals surface area (Å²) >= 11 is 1.50. The Bertz CT molecular complexity index is 148. The van der Waals surface area contributed by atoms with Crippen LogP contribution in [0.15, 0.2) is 5.10 Å². The third kappa shape index (κ3) is 1.93. The van der Waals surface area contributed by atoms with Crippen LogP contribution in [0.3, 0.4) is 0 Å². The number of hydrazone groups is 1. The van der Waals surface area contributed by atoms with Crippen LogP contribution in [0.25, 0.3) is 0 Å². The minimum Gasteiger partial charge on any atom is -0.480 e. The van der Waals surface area contributed by atoms with Gasteiger partial charge in [-0.25, -0.2) is 0 Å². The molecule has 0 bridgehead atoms. The lowest BCUT2D eigenvalue weighted by atomic mass is 10.6. The van der Waals surface area contributed by atoms with Crippen molar-refractivity contribution < 1.29 is 9.90 Å². The van der Waals surface area contributed by atoms with Crippen LogP contribution in [-0.2, 0) is 4.79 Å². The standard InChI is InChI=1S/C4H6N2O2S/c7-4(8)1-6-3-9-2-5-6/h2H,1,3H2,(H,7,8). The molecule has 4 nitrogen and oxygen atoms in total. The fourth-order valence-corrected chi connectivity index (χ4v) is 1.09. The number of rotatable bonds is 2. The summed E-state index contributed by atoms with van der Waals surface area (Å²) in [6, 6.07) is 0. The molecule has 0 aromatic heterocycles. The van der Waals surface area contributed by atoms with Crippen molar-refractivity contribution in [2.45, 2.75) is 0 Å². The maximum absolute atomic E-state index is 10.0. The normalized spacial score (nSPS) is 16.7. The third-order valence-electron chi connectivity index (χ3n) is 0.826. The van der Waals surface area contributed by atoms with Crippen LogP contribution in [0, 0.1) is 0 Å². The van der Waals surface area contributed by atoms with Crippen LogP contribution < -0.4 is 0 Å². The second kappa shape index (κ2) is 2.72. The first kappa shape index (κ1) is 6.41. The monoisotopic (exact) mass is 146 g/mol. The molecule has 0 saturated heterocycles. The fourth-order valence-electron chi connectivity index (χ4n) is 0.495. The first-order chi connectivity index (χ1) is 4.29. The van der Waals surface area contributed by atoms with Gasteiger partial charge in [-0.2, -0.15) is 5.10 Å². The largest absolute Gasteiger partial charge is 0.480 e. The predicted octanol–water partition coefficient (Wildman–Crippen LogP) is 0.0206. The molecule has 1 aliphatic heterocycles. The summed E-state index contributed by atoms with van der Waals surface area (Å²) < 4.78 is 0. The van der Waals surface area contributed by atoms with E-state index >= 15 is 0 Å². The van der Waals surface area contributed by atoms with Gasteiger partial charge in [0.15, 0.2) is 0 Å². The highest BCUT2D eigenvalue weighted by atomic mass is 32.2. The van der Waals surface area contributed by atoms with Crippen molar-refractivity contribution in [2.24, 2.45) is 5.10 Å². The molecule has 1 N–H and O–H groups in total. The summed E-state index contributed by atoms with van der Waals surface area (Å²) in [7, 11) is 0. The third-order valence-corrected chi connectivity index (χ3v) is 1.52. The molecule has 9 heavy (non-hydrogen) atoms. The van der Waals surface area contributed by atoms with Gasteiger partial charge in [-0.15, -0.1) is 0 Å². The van der Waals surface area contributed by atoms with Crippen molar-refractivity contribution in [3.63, 3.8) is 0 Å². The average Bonchev–Trinajstić information content (AvgIpc) is 2.15. The zero-order chi connectivity index (χ0) is 6.69. The van der Waals surface area contributed by atoms with E-state index in [1.54, 1.807) is 5.55 Å². The molecule has 0 saturated carbocycles. The topological polar surface area (TPSA) is 52.9 Å². The average molecular weight is 146 g/mol. The van der Waals surface area contributed by atoms with Crippen molar-refractivity contribution in [1.82, 2.24) is 5.01 Å². The van der Waals surface area contributed by atoms with Crippen LogP contribution in [0.2, 0.25) is 0 Å². The molecule has 5 heteroatoms. The summed E-state index contributed by atoms with van der Waals surface area (Å²) in [4.78, 5) is 10.0. The molecule has 1 rings (SSSR count). The first-order valence-electron chi connectivity index (χ1n) is 2.40. The van der Waals surface area contributed by atoms with E-state index in [4.69, 9.17) is 5.11 Å². The number of hydrogen-bond donors (Lipinski definition) is 1. The van der Waals surface area contributed by atoms with E-state index in [1.807, 2.05) is 0 Å². The number of carbonyl (C=O) groups is 1. The first-order valence-corrected chi connectivity index (χ1v) is 3.45. The molecular weight excluding hydrogens is 140 g/mol. The minimum absolute atomic E-state index is 0.00347. The van der Waals surface area contributed by atoms with E-state index in [9.17, 15) is 4.79 Å². The molecule has 0 radical (unpaired) electrons. The lowest BCUT2D eigenvalue weighted by Gasteiger charge is -2.07. The molecule has 1 heterocycles. The van der Waals surface area contributed by atoms with Gasteiger partial charge in [0, 0.05) is 0 Å². The van der Waals surface area contributed by atoms with Crippen LogP contribution in [0.5, 0.6) is 0 Å². The van der Waals surface area contributed by atoms with E-state index in [1.165, 1.54) is 16.8 Å². The number of thioether (sulfide) groups is 1. The Kier molecular flexibility index (Phi) is 1.94. The highest BCUT2D eigenvalue weighted by molar-refractivity contribution is 8.12. The summed E-state index contributed by atoms with van der Waals surface area (Å²) in [6.45, 7) is 0.00347. The van der Waals surface area contributed by atoms with E-state index in [0.29, 0.717) is 5.88 Å². The fraction of sp³-hybridized carbons (Fsp3) is 0.500. The maximum atomic E-state index is 10.0. The zero-order valence-electron chi connectivity index (χ0n) is 4.65. The molecule has 0 amide bonds. The highest BCUT2D eigenvalue weighted by Gasteiger charge is 2.08. The lowest BCUT2D eigenvalue weighted by Crippen LogP contribution is -2.21. The van der Waals surface area contributed by atoms with Crippen molar-refractivity contribution in [1.29, 1.82) is 0 Å².